The molecule has 0 saturated heterocycles. The summed E-state index contributed by atoms with van der Waals surface area (Å²) in [7, 11) is 0. The number of amides is 2. The molecule has 9 heteroatoms. The van der Waals surface area contributed by atoms with E-state index in [1.54, 1.807) is 49.4 Å². The highest BCUT2D eigenvalue weighted by molar-refractivity contribution is 7.99. The summed E-state index contributed by atoms with van der Waals surface area (Å²) in [6.07, 6.45) is 1.39. The maximum Gasteiger partial charge on any atom is 0.338 e. The summed E-state index contributed by atoms with van der Waals surface area (Å²) in [5.74, 6) is -0.314. The highest BCUT2D eigenvalue weighted by Crippen LogP contribution is 2.30. The zero-order valence-electron chi connectivity index (χ0n) is 15.0. The molecule has 1 aliphatic heterocycles. The van der Waals surface area contributed by atoms with Crippen molar-refractivity contribution in [3.8, 4) is 0 Å². The van der Waals surface area contributed by atoms with Gasteiger partial charge in [0.05, 0.1) is 18.2 Å². The Morgan fingerprint density at radius 2 is 2.04 bits per heavy atom. The van der Waals surface area contributed by atoms with Gasteiger partial charge < -0.3 is 20.6 Å². The Hall–Kier alpha value is -2.71. The predicted molar refractivity (Wildman–Crippen MR) is 106 cm³/mol. The number of nitrogens with one attached hydrogen (secondary N) is 2. The number of hydrogen-bond donors (Lipinski definition) is 2. The van der Waals surface area contributed by atoms with E-state index in [9.17, 15) is 14.8 Å². The first kappa shape index (κ1) is 20.0. The minimum absolute atomic E-state index is 0.198. The minimum Gasteiger partial charge on any atom is -0.618 e. The molecule has 0 fully saturated rings. The molecule has 2 heterocycles. The van der Waals surface area contributed by atoms with E-state index >= 15 is 0 Å². The second-order valence-electron chi connectivity index (χ2n) is 5.85. The Morgan fingerprint density at radius 3 is 2.71 bits per heavy atom. The summed E-state index contributed by atoms with van der Waals surface area (Å²) in [5.41, 5.74) is 1.39. The average Bonchev–Trinajstić information content (AvgIpc) is 2.67. The van der Waals surface area contributed by atoms with Crippen LogP contribution < -0.4 is 15.4 Å². The van der Waals surface area contributed by atoms with Crippen LogP contribution in [-0.4, -0.2) is 24.4 Å². The van der Waals surface area contributed by atoms with Crippen LogP contribution in [0.4, 0.5) is 4.79 Å². The number of esters is 1. The number of carbonyl (C=O) groups excluding carboxylic acids is 2. The molecule has 3 rings (SSSR count). The van der Waals surface area contributed by atoms with E-state index in [2.05, 4.69) is 10.6 Å². The first-order valence-corrected chi connectivity index (χ1v) is 9.90. The van der Waals surface area contributed by atoms with Crippen molar-refractivity contribution in [2.24, 2.45) is 0 Å². The molecule has 146 valence electrons. The van der Waals surface area contributed by atoms with Crippen LogP contribution in [0.1, 0.15) is 18.5 Å². The summed E-state index contributed by atoms with van der Waals surface area (Å²) in [6.45, 7) is 1.91. The topological polar surface area (TPSA) is 94.4 Å². The van der Waals surface area contributed by atoms with Gasteiger partial charge >= 0.3 is 12.0 Å². The summed E-state index contributed by atoms with van der Waals surface area (Å²) in [6, 6.07) is 10.8. The lowest BCUT2D eigenvalue weighted by Gasteiger charge is -2.29. The van der Waals surface area contributed by atoms with Gasteiger partial charge in [0, 0.05) is 28.6 Å². The van der Waals surface area contributed by atoms with E-state index in [4.69, 9.17) is 16.3 Å². The Labute approximate surface area is 171 Å². The van der Waals surface area contributed by atoms with Crippen LogP contribution >= 0.6 is 23.4 Å². The van der Waals surface area contributed by atoms with Crippen molar-refractivity contribution in [1.29, 1.82) is 0 Å². The fourth-order valence-corrected chi connectivity index (χ4v) is 3.77. The fourth-order valence-electron chi connectivity index (χ4n) is 2.76. The van der Waals surface area contributed by atoms with E-state index in [0.717, 1.165) is 4.73 Å². The molecule has 7 nitrogen and oxygen atoms in total. The van der Waals surface area contributed by atoms with Gasteiger partial charge in [0.1, 0.15) is 0 Å². The number of nitrogens with zero attached hydrogens (tertiary/aromatic N) is 1. The standard InChI is InChI=1S/C19H18ClN3O4S/c1-2-27-18(24)16-14(11-28-15-5-3-4-10-23(15)26)21-19(25)22-17(16)12-6-8-13(20)9-7-12/h3-10,17H,2,11H2,1H3,(H2,21,22,25). The second-order valence-corrected chi connectivity index (χ2v) is 7.28. The van der Waals surface area contributed by atoms with Crippen LogP contribution in [0.2, 0.25) is 5.02 Å². The van der Waals surface area contributed by atoms with E-state index in [-0.39, 0.29) is 12.4 Å². The number of hydrogen-bond acceptors (Lipinski definition) is 5. The van der Waals surface area contributed by atoms with Crippen LogP contribution in [0.5, 0.6) is 0 Å². The molecule has 0 spiro atoms. The third-order valence-electron chi connectivity index (χ3n) is 4.01. The van der Waals surface area contributed by atoms with E-state index < -0.39 is 18.0 Å². The van der Waals surface area contributed by atoms with Crippen molar-refractivity contribution < 1.29 is 19.1 Å². The maximum absolute atomic E-state index is 12.7. The number of rotatable bonds is 6. The van der Waals surface area contributed by atoms with Crippen LogP contribution in [0.25, 0.3) is 0 Å². The number of carbonyl (C=O) groups is 2. The van der Waals surface area contributed by atoms with Crippen molar-refractivity contribution in [2.75, 3.05) is 12.4 Å². The molecule has 2 aromatic rings. The molecule has 0 bridgehead atoms. The summed E-state index contributed by atoms with van der Waals surface area (Å²) in [5, 5.41) is 18.3. The zero-order valence-corrected chi connectivity index (χ0v) is 16.5. The van der Waals surface area contributed by atoms with Gasteiger partial charge in [-0.05, 0) is 42.4 Å². The molecule has 28 heavy (non-hydrogen) atoms. The summed E-state index contributed by atoms with van der Waals surface area (Å²) in [4.78, 5) is 24.9. The number of benzene rings is 1. The Bertz CT molecular complexity index is 918. The number of urea groups is 1. The van der Waals surface area contributed by atoms with Crippen molar-refractivity contribution >= 4 is 35.4 Å². The lowest BCUT2D eigenvalue weighted by Crippen LogP contribution is -2.46. The second kappa shape index (κ2) is 8.99. The molecular weight excluding hydrogens is 402 g/mol. The van der Waals surface area contributed by atoms with Crippen molar-refractivity contribution in [3.63, 3.8) is 0 Å². The smallest absolute Gasteiger partial charge is 0.338 e. The highest BCUT2D eigenvalue weighted by Gasteiger charge is 2.33. The first-order chi connectivity index (χ1) is 13.5. The molecule has 1 aromatic carbocycles. The molecule has 2 N–H and O–H groups in total. The van der Waals surface area contributed by atoms with Gasteiger partial charge in [-0.1, -0.05) is 23.7 Å². The molecule has 0 radical (unpaired) electrons. The molecule has 1 aliphatic rings. The Balaban J connectivity index is 1.97. The van der Waals surface area contributed by atoms with E-state index in [0.29, 0.717) is 26.9 Å². The Morgan fingerprint density at radius 1 is 1.29 bits per heavy atom. The lowest BCUT2D eigenvalue weighted by molar-refractivity contribution is -0.645. The summed E-state index contributed by atoms with van der Waals surface area (Å²) >= 11 is 7.17. The maximum atomic E-state index is 12.7. The quantitative estimate of drug-likeness (QED) is 0.325. The SMILES string of the molecule is CCOC(=O)C1=C(CSc2cccc[n+]2[O-])NC(=O)NC1c1ccc(Cl)cc1. The normalized spacial score (nSPS) is 16.4. The average molecular weight is 420 g/mol. The number of aromatic nitrogens is 1. The van der Waals surface area contributed by atoms with E-state index in [1.165, 1.54) is 18.0 Å². The molecule has 0 saturated carbocycles. The van der Waals surface area contributed by atoms with Crippen LogP contribution in [0.3, 0.4) is 0 Å². The van der Waals surface area contributed by atoms with Crippen LogP contribution in [0.15, 0.2) is 65.0 Å². The van der Waals surface area contributed by atoms with E-state index in [1.807, 2.05) is 0 Å². The number of thioether (sulfide) groups is 1. The third kappa shape index (κ3) is 4.58. The van der Waals surface area contributed by atoms with Gasteiger partial charge in [0.2, 0.25) is 0 Å². The fraction of sp³-hybridized carbons (Fsp3) is 0.211. The van der Waals surface area contributed by atoms with Crippen molar-refractivity contribution in [3.05, 3.63) is 75.7 Å². The number of ether oxygens (including phenoxy) is 1. The van der Waals surface area contributed by atoms with Gasteiger partial charge in [-0.15, -0.1) is 0 Å². The third-order valence-corrected chi connectivity index (χ3v) is 5.30. The van der Waals surface area contributed by atoms with Crippen molar-refractivity contribution in [2.45, 2.75) is 18.0 Å². The van der Waals surface area contributed by atoms with Gasteiger partial charge in [0.25, 0.3) is 5.03 Å². The molecule has 1 aromatic heterocycles. The minimum atomic E-state index is -0.684. The van der Waals surface area contributed by atoms with Crippen LogP contribution in [0, 0.1) is 5.21 Å². The highest BCUT2D eigenvalue weighted by atomic mass is 35.5. The summed E-state index contributed by atoms with van der Waals surface area (Å²) < 4.78 is 5.94. The molecule has 1 unspecified atom stereocenters. The molecular formula is C19H18ClN3O4S. The zero-order chi connectivity index (χ0) is 20.1. The monoisotopic (exact) mass is 419 g/mol. The van der Waals surface area contributed by atoms with Gasteiger partial charge in [-0.2, -0.15) is 4.73 Å². The number of pyridine rings is 1. The predicted octanol–water partition coefficient (Wildman–Crippen LogP) is 2.94. The van der Waals surface area contributed by atoms with Crippen molar-refractivity contribution in [1.82, 2.24) is 10.6 Å². The first-order valence-electron chi connectivity index (χ1n) is 8.53. The van der Waals surface area contributed by atoms with Gasteiger partial charge in [-0.3, -0.25) is 0 Å². The molecule has 2 amide bonds. The van der Waals surface area contributed by atoms with Crippen LogP contribution in [-0.2, 0) is 9.53 Å². The molecule has 0 aliphatic carbocycles. The van der Waals surface area contributed by atoms with Gasteiger partial charge in [-0.25, -0.2) is 9.59 Å². The number of halogens is 1. The molecule has 1 atom stereocenters. The largest absolute Gasteiger partial charge is 0.618 e. The lowest BCUT2D eigenvalue weighted by atomic mass is 9.95. The van der Waals surface area contributed by atoms with Gasteiger partial charge in [0.15, 0.2) is 6.20 Å². The Kier molecular flexibility index (Phi) is 6.43.